The summed E-state index contributed by atoms with van der Waals surface area (Å²) in [7, 11) is 0. The van der Waals surface area contributed by atoms with Crippen molar-refractivity contribution in [3.8, 4) is 0 Å². The lowest BCUT2D eigenvalue weighted by molar-refractivity contribution is -0.113. The number of benzene rings is 4. The number of carbonyl (C=O) groups excluding carboxylic acids is 1. The van der Waals surface area contributed by atoms with E-state index in [9.17, 15) is 4.79 Å². The molecule has 0 unspecified atom stereocenters. The van der Waals surface area contributed by atoms with Crippen LogP contribution in [0.4, 0.5) is 5.69 Å². The SMILES string of the molecule is O=C1/C(=C\c2c3ccccc3cc3ccccc23)SC(=S)N1c1ccc(Cl)cc1. The standard InChI is InChI=1S/C24H14ClNOS2/c25-17-9-11-18(12-10-17)26-23(27)22(29-24(26)28)14-21-19-7-3-1-5-15(19)13-16-6-2-4-8-20(16)21/h1-14H/b22-14+. The van der Waals surface area contributed by atoms with Gasteiger partial charge in [-0.1, -0.05) is 84.1 Å². The highest BCUT2D eigenvalue weighted by Gasteiger charge is 2.33. The molecule has 2 nitrogen and oxygen atoms in total. The van der Waals surface area contributed by atoms with Gasteiger partial charge >= 0.3 is 0 Å². The van der Waals surface area contributed by atoms with Gasteiger partial charge in [0.2, 0.25) is 0 Å². The molecule has 4 aromatic carbocycles. The van der Waals surface area contributed by atoms with Gasteiger partial charge < -0.3 is 0 Å². The van der Waals surface area contributed by atoms with Gasteiger partial charge in [0, 0.05) is 5.02 Å². The molecule has 1 amide bonds. The number of amides is 1. The van der Waals surface area contributed by atoms with Crippen molar-refractivity contribution >= 4 is 79.1 Å². The number of rotatable bonds is 2. The van der Waals surface area contributed by atoms with Gasteiger partial charge in [-0.15, -0.1) is 0 Å². The Hall–Kier alpha value is -2.66. The van der Waals surface area contributed by atoms with E-state index in [1.807, 2.05) is 42.5 Å². The Labute approximate surface area is 182 Å². The third-order valence-electron chi connectivity index (χ3n) is 4.97. The Morgan fingerprint density at radius 1 is 0.862 bits per heavy atom. The first-order chi connectivity index (χ1) is 14.1. The number of anilines is 1. The van der Waals surface area contributed by atoms with Crippen LogP contribution in [0.3, 0.4) is 0 Å². The molecule has 29 heavy (non-hydrogen) atoms. The molecule has 0 aromatic heterocycles. The molecule has 5 heteroatoms. The minimum Gasteiger partial charge on any atom is -0.268 e. The Morgan fingerprint density at radius 2 is 1.45 bits per heavy atom. The minimum atomic E-state index is -0.112. The highest BCUT2D eigenvalue weighted by molar-refractivity contribution is 8.27. The van der Waals surface area contributed by atoms with Crippen LogP contribution in [-0.2, 0) is 4.79 Å². The molecule has 4 aromatic rings. The average Bonchev–Trinajstić information content (AvgIpc) is 3.01. The van der Waals surface area contributed by atoms with Crippen LogP contribution >= 0.6 is 35.6 Å². The van der Waals surface area contributed by atoms with Gasteiger partial charge in [-0.05, 0) is 63.5 Å². The zero-order valence-corrected chi connectivity index (χ0v) is 17.5. The second-order valence-electron chi connectivity index (χ2n) is 6.73. The van der Waals surface area contributed by atoms with E-state index in [0.717, 1.165) is 32.8 Å². The van der Waals surface area contributed by atoms with E-state index in [-0.39, 0.29) is 5.91 Å². The second kappa shape index (κ2) is 7.30. The average molecular weight is 432 g/mol. The summed E-state index contributed by atoms with van der Waals surface area (Å²) in [5.41, 5.74) is 1.76. The van der Waals surface area contributed by atoms with E-state index in [1.54, 1.807) is 17.0 Å². The molecule has 0 bridgehead atoms. The molecule has 0 radical (unpaired) electrons. The van der Waals surface area contributed by atoms with Crippen molar-refractivity contribution in [1.82, 2.24) is 0 Å². The van der Waals surface area contributed by atoms with E-state index in [4.69, 9.17) is 23.8 Å². The van der Waals surface area contributed by atoms with E-state index >= 15 is 0 Å². The first-order valence-corrected chi connectivity index (χ1v) is 10.7. The van der Waals surface area contributed by atoms with Crippen LogP contribution < -0.4 is 4.90 Å². The number of hydrogen-bond donors (Lipinski definition) is 0. The highest BCUT2D eigenvalue weighted by Crippen LogP contribution is 2.38. The highest BCUT2D eigenvalue weighted by atomic mass is 35.5. The summed E-state index contributed by atoms with van der Waals surface area (Å²) in [6.07, 6.45) is 1.97. The largest absolute Gasteiger partial charge is 0.270 e. The van der Waals surface area contributed by atoms with Crippen molar-refractivity contribution in [3.05, 3.63) is 94.4 Å². The van der Waals surface area contributed by atoms with Gasteiger partial charge in [0.15, 0.2) is 4.32 Å². The van der Waals surface area contributed by atoms with Crippen LogP contribution in [0.2, 0.25) is 5.02 Å². The number of fused-ring (bicyclic) bond motifs is 2. The summed E-state index contributed by atoms with van der Waals surface area (Å²) in [5.74, 6) is -0.112. The van der Waals surface area contributed by atoms with E-state index in [0.29, 0.717) is 14.2 Å². The summed E-state index contributed by atoms with van der Waals surface area (Å²) in [6.45, 7) is 0. The molecular weight excluding hydrogens is 418 g/mol. The number of halogens is 1. The Balaban J connectivity index is 1.67. The van der Waals surface area contributed by atoms with Crippen molar-refractivity contribution in [2.75, 3.05) is 4.90 Å². The zero-order valence-electron chi connectivity index (χ0n) is 15.1. The lowest BCUT2D eigenvalue weighted by atomic mass is 9.96. The molecule has 5 rings (SSSR count). The monoisotopic (exact) mass is 431 g/mol. The van der Waals surface area contributed by atoms with Gasteiger partial charge in [-0.25, -0.2) is 0 Å². The fourth-order valence-corrected chi connectivity index (χ4v) is 5.02. The molecule has 1 heterocycles. The molecule has 0 spiro atoms. The molecule has 1 saturated heterocycles. The van der Waals surface area contributed by atoms with Crippen molar-refractivity contribution in [2.45, 2.75) is 0 Å². The molecule has 0 N–H and O–H groups in total. The lowest BCUT2D eigenvalue weighted by Crippen LogP contribution is -2.27. The molecule has 140 valence electrons. The molecule has 1 aliphatic heterocycles. The second-order valence-corrected chi connectivity index (χ2v) is 8.84. The van der Waals surface area contributed by atoms with Crippen LogP contribution in [0.15, 0.2) is 83.8 Å². The zero-order chi connectivity index (χ0) is 20.0. The fraction of sp³-hybridized carbons (Fsp3) is 0. The van der Waals surface area contributed by atoms with E-state index < -0.39 is 0 Å². The van der Waals surface area contributed by atoms with Gasteiger partial charge in [-0.2, -0.15) is 0 Å². The maximum Gasteiger partial charge on any atom is 0.270 e. The quantitative estimate of drug-likeness (QED) is 0.192. The van der Waals surface area contributed by atoms with Gasteiger partial charge in [0.1, 0.15) is 0 Å². The van der Waals surface area contributed by atoms with Crippen LogP contribution in [0.5, 0.6) is 0 Å². The van der Waals surface area contributed by atoms with E-state index in [1.165, 1.54) is 11.8 Å². The topological polar surface area (TPSA) is 20.3 Å². The molecule has 0 atom stereocenters. The predicted octanol–water partition coefficient (Wildman–Crippen LogP) is 7.05. The molecule has 0 aliphatic carbocycles. The van der Waals surface area contributed by atoms with Crippen molar-refractivity contribution in [2.24, 2.45) is 0 Å². The fourth-order valence-electron chi connectivity index (χ4n) is 3.62. The minimum absolute atomic E-state index is 0.112. The molecule has 0 saturated carbocycles. The maximum atomic E-state index is 13.2. The molecule has 1 aliphatic rings. The smallest absolute Gasteiger partial charge is 0.268 e. The summed E-state index contributed by atoms with van der Waals surface area (Å²) in [6, 6.07) is 25.8. The summed E-state index contributed by atoms with van der Waals surface area (Å²) >= 11 is 12.8. The summed E-state index contributed by atoms with van der Waals surface area (Å²) in [5, 5.41) is 5.14. The van der Waals surface area contributed by atoms with Crippen LogP contribution in [0.1, 0.15) is 5.56 Å². The first kappa shape index (κ1) is 18.4. The van der Waals surface area contributed by atoms with Crippen molar-refractivity contribution in [3.63, 3.8) is 0 Å². The molecule has 1 fully saturated rings. The number of nitrogens with zero attached hydrogens (tertiary/aromatic N) is 1. The van der Waals surface area contributed by atoms with Gasteiger partial charge in [0.05, 0.1) is 10.6 Å². The van der Waals surface area contributed by atoms with Crippen molar-refractivity contribution in [1.29, 1.82) is 0 Å². The normalized spacial score (nSPS) is 15.8. The number of thioether (sulfide) groups is 1. The van der Waals surface area contributed by atoms with Gasteiger partial charge in [-0.3, -0.25) is 9.69 Å². The number of hydrogen-bond acceptors (Lipinski definition) is 3. The first-order valence-electron chi connectivity index (χ1n) is 9.06. The third kappa shape index (κ3) is 3.23. The third-order valence-corrected chi connectivity index (χ3v) is 6.52. The molecular formula is C24H14ClNOS2. The predicted molar refractivity (Wildman–Crippen MR) is 129 cm³/mol. The maximum absolute atomic E-state index is 13.2. The lowest BCUT2D eigenvalue weighted by Gasteiger charge is -2.14. The number of carbonyl (C=O) groups is 1. The van der Waals surface area contributed by atoms with Crippen molar-refractivity contribution < 1.29 is 4.79 Å². The Morgan fingerprint density at radius 3 is 2.07 bits per heavy atom. The van der Waals surface area contributed by atoms with E-state index in [2.05, 4.69) is 30.3 Å². The number of thiocarbonyl (C=S) groups is 1. The van der Waals surface area contributed by atoms with Crippen LogP contribution in [0, 0.1) is 0 Å². The van der Waals surface area contributed by atoms with Crippen LogP contribution in [-0.4, -0.2) is 10.2 Å². The van der Waals surface area contributed by atoms with Crippen LogP contribution in [0.25, 0.3) is 27.6 Å². The Kier molecular flexibility index (Phi) is 4.63. The summed E-state index contributed by atoms with van der Waals surface area (Å²) < 4.78 is 0.521. The Bertz CT molecular complexity index is 1270. The van der Waals surface area contributed by atoms with Gasteiger partial charge in [0.25, 0.3) is 5.91 Å². The summed E-state index contributed by atoms with van der Waals surface area (Å²) in [4.78, 5) is 15.4.